The number of nitrogens with zero attached hydrogens (tertiary/aromatic N) is 1. The molecule has 0 atom stereocenters. The van der Waals surface area contributed by atoms with E-state index in [1.807, 2.05) is 0 Å². The van der Waals surface area contributed by atoms with Gasteiger partial charge in [0.2, 0.25) is 0 Å². The van der Waals surface area contributed by atoms with Gasteiger partial charge in [-0.1, -0.05) is 0 Å². The van der Waals surface area contributed by atoms with E-state index in [0.29, 0.717) is 12.8 Å². The molecule has 0 N–H and O–H groups in total. The van der Waals surface area contributed by atoms with Gasteiger partial charge in [-0.05, 0) is 31.4 Å². The van der Waals surface area contributed by atoms with Gasteiger partial charge < -0.3 is 0 Å². The molecule has 0 spiro atoms. The van der Waals surface area contributed by atoms with E-state index in [1.165, 1.54) is 6.92 Å². The zero-order chi connectivity index (χ0) is 12.0. The number of carbonyl (C=O) groups is 1. The lowest BCUT2D eigenvalue weighted by Gasteiger charge is -2.17. The van der Waals surface area contributed by atoms with Gasteiger partial charge in [-0.25, -0.2) is 0 Å². The molecule has 0 bridgehead atoms. The van der Waals surface area contributed by atoms with Crippen LogP contribution in [-0.4, -0.2) is 10.8 Å². The lowest BCUT2D eigenvalue weighted by molar-refractivity contribution is -0.138. The molecule has 1 fully saturated rings. The van der Waals surface area contributed by atoms with Gasteiger partial charge in [0, 0.05) is 12.4 Å². The molecule has 5 heteroatoms. The minimum Gasteiger partial charge on any atom is -0.299 e. The molecule has 0 unspecified atom stereocenters. The molecule has 1 aliphatic rings. The van der Waals surface area contributed by atoms with Gasteiger partial charge in [0.1, 0.15) is 5.78 Å². The van der Waals surface area contributed by atoms with Crippen LogP contribution < -0.4 is 0 Å². The van der Waals surface area contributed by atoms with Gasteiger partial charge in [0.15, 0.2) is 0 Å². The second kappa shape index (κ2) is 3.30. The smallest absolute Gasteiger partial charge is 0.299 e. The van der Waals surface area contributed by atoms with Gasteiger partial charge in [-0.2, -0.15) is 13.2 Å². The largest absolute Gasteiger partial charge is 0.416 e. The number of hydrogen-bond acceptors (Lipinski definition) is 2. The quantitative estimate of drug-likeness (QED) is 0.780. The zero-order valence-corrected chi connectivity index (χ0v) is 8.64. The normalized spacial score (nSPS) is 18.2. The first-order valence-corrected chi connectivity index (χ1v) is 4.91. The van der Waals surface area contributed by atoms with Crippen LogP contribution in [0.4, 0.5) is 13.2 Å². The van der Waals surface area contributed by atoms with Crippen molar-refractivity contribution in [1.82, 2.24) is 4.98 Å². The second-order valence-electron chi connectivity index (χ2n) is 4.06. The first-order valence-electron chi connectivity index (χ1n) is 4.91. The Morgan fingerprint density at radius 2 is 2.06 bits per heavy atom. The van der Waals surface area contributed by atoms with Crippen molar-refractivity contribution in [1.29, 1.82) is 0 Å². The predicted octanol–water partition coefficient (Wildman–Crippen LogP) is 2.72. The lowest BCUT2D eigenvalue weighted by atomic mass is 9.89. The molecule has 1 saturated carbocycles. The highest BCUT2D eigenvalue weighted by molar-refractivity contribution is 5.91. The number of rotatable bonds is 2. The van der Waals surface area contributed by atoms with Crippen molar-refractivity contribution in [3.63, 3.8) is 0 Å². The fourth-order valence-electron chi connectivity index (χ4n) is 1.96. The Kier molecular flexibility index (Phi) is 2.29. The number of Topliss-reactive ketones (excluding diaryl/α,β-unsaturated/α-hetero) is 1. The van der Waals surface area contributed by atoms with Gasteiger partial charge in [0.05, 0.1) is 11.0 Å². The number of aromatic nitrogens is 1. The van der Waals surface area contributed by atoms with Gasteiger partial charge in [0.25, 0.3) is 0 Å². The average molecular weight is 229 g/mol. The fourth-order valence-corrected chi connectivity index (χ4v) is 1.96. The molecule has 1 aromatic rings. The molecule has 1 aliphatic carbocycles. The minimum atomic E-state index is -4.43. The van der Waals surface area contributed by atoms with Crippen LogP contribution in [0.5, 0.6) is 0 Å². The molecular weight excluding hydrogens is 219 g/mol. The maximum Gasteiger partial charge on any atom is 0.416 e. The highest BCUT2D eigenvalue weighted by Crippen LogP contribution is 2.52. The minimum absolute atomic E-state index is 0.0231. The number of halogens is 3. The third kappa shape index (κ3) is 1.60. The van der Waals surface area contributed by atoms with Crippen LogP contribution in [-0.2, 0) is 16.4 Å². The Bertz CT molecular complexity index is 435. The predicted molar refractivity (Wildman–Crippen MR) is 50.8 cm³/mol. The summed E-state index contributed by atoms with van der Waals surface area (Å²) >= 11 is 0. The van der Waals surface area contributed by atoms with Crippen LogP contribution in [0.15, 0.2) is 18.5 Å². The molecule has 86 valence electrons. The van der Waals surface area contributed by atoms with E-state index in [1.54, 1.807) is 0 Å². The Labute approximate surface area is 90.5 Å². The van der Waals surface area contributed by atoms with Crippen LogP contribution in [0.1, 0.15) is 30.9 Å². The van der Waals surface area contributed by atoms with Crippen LogP contribution in [0.25, 0.3) is 0 Å². The Morgan fingerprint density at radius 1 is 1.44 bits per heavy atom. The van der Waals surface area contributed by atoms with Crippen molar-refractivity contribution in [3.05, 3.63) is 29.6 Å². The third-order valence-corrected chi connectivity index (χ3v) is 3.07. The van der Waals surface area contributed by atoms with E-state index in [2.05, 4.69) is 4.98 Å². The van der Waals surface area contributed by atoms with E-state index in [9.17, 15) is 18.0 Å². The summed E-state index contributed by atoms with van der Waals surface area (Å²) in [6, 6.07) is 0.929. The maximum absolute atomic E-state index is 12.7. The highest BCUT2D eigenvalue weighted by Gasteiger charge is 2.52. The summed E-state index contributed by atoms with van der Waals surface area (Å²) in [6.45, 7) is 1.33. The Morgan fingerprint density at radius 3 is 2.50 bits per heavy atom. The summed E-state index contributed by atoms with van der Waals surface area (Å²) in [5.74, 6) is -0.217. The zero-order valence-electron chi connectivity index (χ0n) is 8.64. The van der Waals surface area contributed by atoms with Crippen LogP contribution >= 0.6 is 0 Å². The summed E-state index contributed by atoms with van der Waals surface area (Å²) in [5, 5.41) is 0. The van der Waals surface area contributed by atoms with Crippen LogP contribution in [0, 0.1) is 0 Å². The molecular formula is C11H10F3NO. The molecule has 2 rings (SSSR count). The van der Waals surface area contributed by atoms with Gasteiger partial charge >= 0.3 is 6.18 Å². The molecule has 0 aromatic carbocycles. The molecule has 0 radical (unpaired) electrons. The van der Waals surface area contributed by atoms with E-state index >= 15 is 0 Å². The molecule has 2 nitrogen and oxygen atoms in total. The van der Waals surface area contributed by atoms with E-state index in [0.717, 1.165) is 18.5 Å². The topological polar surface area (TPSA) is 30.0 Å². The Hall–Kier alpha value is -1.39. The van der Waals surface area contributed by atoms with Crippen LogP contribution in [0.3, 0.4) is 0 Å². The van der Waals surface area contributed by atoms with E-state index in [4.69, 9.17) is 0 Å². The standard InChI is InChI=1S/C11H10F3NO/c1-7(16)10(3-4-10)9-6-15-5-2-8(9)11(12,13)14/h2,5-6H,3-4H2,1H3. The van der Waals surface area contributed by atoms with Crippen molar-refractivity contribution >= 4 is 5.78 Å². The molecule has 1 heterocycles. The molecule has 16 heavy (non-hydrogen) atoms. The number of carbonyl (C=O) groups excluding carboxylic acids is 1. The first kappa shape index (κ1) is 11.1. The van der Waals surface area contributed by atoms with Gasteiger partial charge in [-0.3, -0.25) is 9.78 Å². The van der Waals surface area contributed by atoms with E-state index in [-0.39, 0.29) is 11.3 Å². The van der Waals surface area contributed by atoms with Crippen molar-refractivity contribution < 1.29 is 18.0 Å². The van der Waals surface area contributed by atoms with E-state index < -0.39 is 17.2 Å². The second-order valence-corrected chi connectivity index (χ2v) is 4.06. The fraction of sp³-hybridized carbons (Fsp3) is 0.455. The summed E-state index contributed by atoms with van der Waals surface area (Å²) in [4.78, 5) is 15.1. The first-order chi connectivity index (χ1) is 7.38. The highest BCUT2D eigenvalue weighted by atomic mass is 19.4. The molecule has 0 aliphatic heterocycles. The van der Waals surface area contributed by atoms with Crippen molar-refractivity contribution in [2.75, 3.05) is 0 Å². The summed E-state index contributed by atoms with van der Waals surface area (Å²) < 4.78 is 38.2. The number of alkyl halides is 3. The van der Waals surface area contributed by atoms with Crippen molar-refractivity contribution in [2.45, 2.75) is 31.4 Å². The molecule has 0 saturated heterocycles. The number of pyridine rings is 1. The van der Waals surface area contributed by atoms with Crippen molar-refractivity contribution in [3.8, 4) is 0 Å². The third-order valence-electron chi connectivity index (χ3n) is 3.07. The lowest BCUT2D eigenvalue weighted by Crippen LogP contribution is -2.22. The summed E-state index contributed by atoms with van der Waals surface area (Å²) in [7, 11) is 0. The van der Waals surface area contributed by atoms with Gasteiger partial charge in [-0.15, -0.1) is 0 Å². The summed E-state index contributed by atoms with van der Waals surface area (Å²) in [5.41, 5.74) is -1.65. The van der Waals surface area contributed by atoms with Crippen molar-refractivity contribution in [2.24, 2.45) is 0 Å². The average Bonchev–Trinajstić information content (AvgIpc) is 2.97. The monoisotopic (exact) mass is 229 g/mol. The molecule has 1 aromatic heterocycles. The number of hydrogen-bond donors (Lipinski definition) is 0. The van der Waals surface area contributed by atoms with Crippen LogP contribution in [0.2, 0.25) is 0 Å². The number of ketones is 1. The SMILES string of the molecule is CC(=O)C1(c2cnccc2C(F)(F)F)CC1. The molecule has 0 amide bonds. The summed E-state index contributed by atoms with van der Waals surface area (Å²) in [6.07, 6.45) is -1.20. The Balaban J connectivity index is 2.54. The maximum atomic E-state index is 12.7.